The van der Waals surface area contributed by atoms with Crippen LogP contribution in [0.25, 0.3) is 0 Å². The van der Waals surface area contributed by atoms with Crippen LogP contribution in [0.15, 0.2) is 18.2 Å². The van der Waals surface area contributed by atoms with Crippen LogP contribution in [0.2, 0.25) is 0 Å². The molecule has 2 heteroatoms. The molecule has 2 nitrogen and oxygen atoms in total. The average Bonchev–Trinajstić information content (AvgIpc) is 2.93. The van der Waals surface area contributed by atoms with Gasteiger partial charge in [0, 0.05) is 17.6 Å². The Morgan fingerprint density at radius 3 is 2.69 bits per heavy atom. The van der Waals surface area contributed by atoms with Crippen molar-refractivity contribution in [3.8, 4) is 5.75 Å². The lowest BCUT2D eigenvalue weighted by molar-refractivity contribution is 0.400. The van der Waals surface area contributed by atoms with Gasteiger partial charge in [0.05, 0.1) is 7.11 Å². The van der Waals surface area contributed by atoms with Gasteiger partial charge in [-0.2, -0.15) is 0 Å². The molecule has 0 radical (unpaired) electrons. The Morgan fingerprint density at radius 1 is 1.44 bits per heavy atom. The first kappa shape index (κ1) is 11.5. The first-order valence-corrected chi connectivity index (χ1v) is 6.02. The maximum absolute atomic E-state index is 5.44. The second-order valence-corrected chi connectivity index (χ2v) is 4.95. The molecule has 0 amide bonds. The number of methoxy groups -OCH3 is 1. The van der Waals surface area contributed by atoms with Gasteiger partial charge in [-0.25, -0.2) is 0 Å². The summed E-state index contributed by atoms with van der Waals surface area (Å²) in [5.41, 5.74) is 2.50. The van der Waals surface area contributed by atoms with Crippen molar-refractivity contribution in [3.63, 3.8) is 0 Å². The van der Waals surface area contributed by atoms with Gasteiger partial charge in [-0.15, -0.1) is 0 Å². The van der Waals surface area contributed by atoms with Gasteiger partial charge in [0.2, 0.25) is 0 Å². The molecule has 88 valence electrons. The molecule has 1 aromatic carbocycles. The molecule has 0 bridgehead atoms. The highest BCUT2D eigenvalue weighted by Crippen LogP contribution is 2.33. The monoisotopic (exact) mass is 219 g/mol. The van der Waals surface area contributed by atoms with Crippen molar-refractivity contribution in [1.29, 1.82) is 0 Å². The summed E-state index contributed by atoms with van der Waals surface area (Å²) in [5.74, 6) is 1.83. The Hall–Kier alpha value is -1.02. The molecule has 1 N–H and O–H groups in total. The number of hydrogen-bond donors (Lipinski definition) is 1. The Kier molecular flexibility index (Phi) is 3.20. The van der Waals surface area contributed by atoms with E-state index in [1.54, 1.807) is 7.11 Å². The molecule has 3 atom stereocenters. The zero-order valence-electron chi connectivity index (χ0n) is 10.6. The van der Waals surface area contributed by atoms with Gasteiger partial charge in [0.1, 0.15) is 5.75 Å². The van der Waals surface area contributed by atoms with Gasteiger partial charge < -0.3 is 10.1 Å². The van der Waals surface area contributed by atoms with Crippen molar-refractivity contribution >= 4 is 0 Å². The van der Waals surface area contributed by atoms with Crippen LogP contribution in [0.4, 0.5) is 0 Å². The van der Waals surface area contributed by atoms with E-state index in [4.69, 9.17) is 4.74 Å². The van der Waals surface area contributed by atoms with E-state index in [1.807, 2.05) is 0 Å². The molecule has 0 aromatic heterocycles. The number of ether oxygens (including phenoxy) is 1. The maximum Gasteiger partial charge on any atom is 0.123 e. The average molecular weight is 219 g/mol. The molecule has 0 spiro atoms. The van der Waals surface area contributed by atoms with Gasteiger partial charge in [-0.05, 0) is 37.8 Å². The van der Waals surface area contributed by atoms with Crippen molar-refractivity contribution in [1.82, 2.24) is 5.32 Å². The minimum absolute atomic E-state index is 0.366. The normalized spacial score (nSPS) is 25.2. The molecule has 0 saturated heterocycles. The summed E-state index contributed by atoms with van der Waals surface area (Å²) < 4.78 is 5.44. The van der Waals surface area contributed by atoms with E-state index in [-0.39, 0.29) is 0 Å². The summed E-state index contributed by atoms with van der Waals surface area (Å²) in [4.78, 5) is 0. The summed E-state index contributed by atoms with van der Waals surface area (Å²) in [6.45, 7) is 6.59. The zero-order chi connectivity index (χ0) is 11.7. The quantitative estimate of drug-likeness (QED) is 0.840. The smallest absolute Gasteiger partial charge is 0.123 e. The highest BCUT2D eigenvalue weighted by atomic mass is 16.5. The first-order chi connectivity index (χ1) is 7.61. The Morgan fingerprint density at radius 2 is 2.12 bits per heavy atom. The number of rotatable bonds is 4. The van der Waals surface area contributed by atoms with Gasteiger partial charge in [0.25, 0.3) is 0 Å². The standard InChI is InChI=1S/C14H21NO/c1-9-5-6-12(14(7-9)16-4)11(3)15-13-8-10(13)2/h5-7,10-11,13,15H,8H2,1-4H3. The Bertz CT molecular complexity index is 375. The predicted octanol–water partition coefficient (Wildman–Crippen LogP) is 3.06. The number of nitrogens with one attached hydrogen (secondary N) is 1. The van der Waals surface area contributed by atoms with Gasteiger partial charge in [-0.3, -0.25) is 0 Å². The molecule has 1 fully saturated rings. The lowest BCUT2D eigenvalue weighted by Gasteiger charge is -2.17. The fourth-order valence-corrected chi connectivity index (χ4v) is 2.14. The number of aryl methyl sites for hydroxylation is 1. The molecule has 0 aliphatic heterocycles. The Balaban J connectivity index is 2.12. The van der Waals surface area contributed by atoms with E-state index in [1.165, 1.54) is 17.5 Å². The van der Waals surface area contributed by atoms with Crippen molar-refractivity contribution in [3.05, 3.63) is 29.3 Å². The van der Waals surface area contributed by atoms with E-state index in [9.17, 15) is 0 Å². The molecule has 1 aromatic rings. The summed E-state index contributed by atoms with van der Waals surface area (Å²) in [5, 5.41) is 3.63. The largest absolute Gasteiger partial charge is 0.496 e. The van der Waals surface area contributed by atoms with Gasteiger partial charge in [-0.1, -0.05) is 19.1 Å². The molecular formula is C14H21NO. The second kappa shape index (κ2) is 4.46. The third-order valence-corrected chi connectivity index (χ3v) is 3.43. The molecule has 3 unspecified atom stereocenters. The van der Waals surface area contributed by atoms with E-state index in [2.05, 4.69) is 44.3 Å². The third kappa shape index (κ3) is 2.38. The van der Waals surface area contributed by atoms with Crippen LogP contribution in [-0.2, 0) is 0 Å². The second-order valence-electron chi connectivity index (χ2n) is 4.95. The molecule has 2 rings (SSSR count). The Labute approximate surface area is 98.0 Å². The number of benzene rings is 1. The minimum atomic E-state index is 0.366. The van der Waals surface area contributed by atoms with Crippen LogP contribution < -0.4 is 10.1 Å². The third-order valence-electron chi connectivity index (χ3n) is 3.43. The summed E-state index contributed by atoms with van der Waals surface area (Å²) in [7, 11) is 1.74. The highest BCUT2D eigenvalue weighted by molar-refractivity contribution is 5.39. The van der Waals surface area contributed by atoms with Crippen LogP contribution >= 0.6 is 0 Å². The van der Waals surface area contributed by atoms with Crippen molar-refractivity contribution in [2.45, 2.75) is 39.3 Å². The summed E-state index contributed by atoms with van der Waals surface area (Å²) in [6, 6.07) is 7.47. The SMILES string of the molecule is COc1cc(C)ccc1C(C)NC1CC1C. The van der Waals surface area contributed by atoms with Gasteiger partial charge in [0.15, 0.2) is 0 Å². The zero-order valence-corrected chi connectivity index (χ0v) is 10.6. The highest BCUT2D eigenvalue weighted by Gasteiger charge is 2.33. The lowest BCUT2D eigenvalue weighted by atomic mass is 10.0. The van der Waals surface area contributed by atoms with Crippen molar-refractivity contribution < 1.29 is 4.74 Å². The fourth-order valence-electron chi connectivity index (χ4n) is 2.14. The van der Waals surface area contributed by atoms with E-state index in [0.717, 1.165) is 11.7 Å². The lowest BCUT2D eigenvalue weighted by Crippen LogP contribution is -2.22. The molecular weight excluding hydrogens is 198 g/mol. The van der Waals surface area contributed by atoms with E-state index in [0.29, 0.717) is 12.1 Å². The van der Waals surface area contributed by atoms with Crippen LogP contribution in [-0.4, -0.2) is 13.2 Å². The van der Waals surface area contributed by atoms with Crippen LogP contribution in [0.3, 0.4) is 0 Å². The van der Waals surface area contributed by atoms with Crippen LogP contribution in [0, 0.1) is 12.8 Å². The first-order valence-electron chi connectivity index (χ1n) is 6.02. The van der Waals surface area contributed by atoms with E-state index < -0.39 is 0 Å². The maximum atomic E-state index is 5.44. The number of hydrogen-bond acceptors (Lipinski definition) is 2. The topological polar surface area (TPSA) is 21.3 Å². The molecule has 1 saturated carbocycles. The van der Waals surface area contributed by atoms with Crippen molar-refractivity contribution in [2.24, 2.45) is 5.92 Å². The van der Waals surface area contributed by atoms with Crippen molar-refractivity contribution in [2.75, 3.05) is 7.11 Å². The molecule has 1 aliphatic carbocycles. The van der Waals surface area contributed by atoms with Crippen LogP contribution in [0.1, 0.15) is 37.4 Å². The summed E-state index contributed by atoms with van der Waals surface area (Å²) >= 11 is 0. The fraction of sp³-hybridized carbons (Fsp3) is 0.571. The van der Waals surface area contributed by atoms with E-state index >= 15 is 0 Å². The molecule has 0 heterocycles. The molecule has 16 heavy (non-hydrogen) atoms. The molecule has 1 aliphatic rings. The predicted molar refractivity (Wildman–Crippen MR) is 66.9 cm³/mol. The van der Waals surface area contributed by atoms with Gasteiger partial charge >= 0.3 is 0 Å². The van der Waals surface area contributed by atoms with Crippen LogP contribution in [0.5, 0.6) is 5.75 Å². The minimum Gasteiger partial charge on any atom is -0.496 e. The summed E-state index contributed by atoms with van der Waals surface area (Å²) in [6.07, 6.45) is 1.30.